The highest BCUT2D eigenvalue weighted by molar-refractivity contribution is 5.67. The Hall–Kier alpha value is -1.73. The topological polar surface area (TPSA) is 91.7 Å². The molecule has 2 unspecified atom stereocenters. The third-order valence-electron chi connectivity index (χ3n) is 2.31. The molecule has 20 heavy (non-hydrogen) atoms. The standard InChI is InChI=1S/C13H19FN2O4/c1-13(2,3)20-12(19)16-7-9(17)11(18)8-4-5-10(14)15-6-8/h4-6,9,11,17-18H,7H2,1-3H3,(H,16,19). The molecule has 1 amide bonds. The van der Waals surface area contributed by atoms with E-state index in [9.17, 15) is 19.4 Å². The summed E-state index contributed by atoms with van der Waals surface area (Å²) in [5, 5.41) is 21.9. The monoisotopic (exact) mass is 286 g/mol. The number of aliphatic hydroxyl groups excluding tert-OH is 2. The number of nitrogens with one attached hydrogen (secondary N) is 1. The van der Waals surface area contributed by atoms with Gasteiger partial charge in [0.2, 0.25) is 5.95 Å². The van der Waals surface area contributed by atoms with E-state index in [1.165, 1.54) is 6.07 Å². The van der Waals surface area contributed by atoms with Crippen LogP contribution in [0.5, 0.6) is 0 Å². The number of rotatable bonds is 4. The molecule has 0 fully saturated rings. The average Bonchev–Trinajstić information content (AvgIpc) is 2.34. The maximum atomic E-state index is 12.6. The van der Waals surface area contributed by atoms with Crippen molar-refractivity contribution in [1.82, 2.24) is 10.3 Å². The van der Waals surface area contributed by atoms with Gasteiger partial charge in [-0.25, -0.2) is 9.78 Å². The van der Waals surface area contributed by atoms with Crippen molar-refractivity contribution in [2.45, 2.75) is 38.6 Å². The lowest BCUT2D eigenvalue weighted by Crippen LogP contribution is -2.38. The largest absolute Gasteiger partial charge is 0.444 e. The molecule has 0 aliphatic rings. The Morgan fingerprint density at radius 1 is 1.45 bits per heavy atom. The molecule has 6 nitrogen and oxygen atoms in total. The van der Waals surface area contributed by atoms with Crippen LogP contribution in [0.2, 0.25) is 0 Å². The molecular weight excluding hydrogens is 267 g/mol. The van der Waals surface area contributed by atoms with Crippen molar-refractivity contribution >= 4 is 6.09 Å². The van der Waals surface area contributed by atoms with Gasteiger partial charge >= 0.3 is 6.09 Å². The zero-order valence-electron chi connectivity index (χ0n) is 11.6. The van der Waals surface area contributed by atoms with Crippen LogP contribution in [-0.2, 0) is 4.74 Å². The van der Waals surface area contributed by atoms with E-state index in [1.807, 2.05) is 0 Å². The Morgan fingerprint density at radius 2 is 2.10 bits per heavy atom. The van der Waals surface area contributed by atoms with Gasteiger partial charge in [-0.15, -0.1) is 0 Å². The summed E-state index contributed by atoms with van der Waals surface area (Å²) in [6, 6.07) is 2.39. The van der Waals surface area contributed by atoms with Crippen LogP contribution in [0, 0.1) is 5.95 Å². The van der Waals surface area contributed by atoms with Crippen LogP contribution in [0.25, 0.3) is 0 Å². The van der Waals surface area contributed by atoms with Crippen LogP contribution < -0.4 is 5.32 Å². The first kappa shape index (κ1) is 16.3. The lowest BCUT2D eigenvalue weighted by atomic mass is 10.1. The molecule has 0 saturated carbocycles. The second kappa shape index (κ2) is 6.62. The summed E-state index contributed by atoms with van der Waals surface area (Å²) in [5.74, 6) is -0.678. The van der Waals surface area contributed by atoms with Gasteiger partial charge in [0.05, 0.1) is 0 Å². The molecule has 1 rings (SSSR count). The quantitative estimate of drug-likeness (QED) is 0.722. The SMILES string of the molecule is CC(C)(C)OC(=O)NCC(O)C(O)c1ccc(F)nc1. The summed E-state index contributed by atoms with van der Waals surface area (Å²) in [6.07, 6.45) is -2.11. The number of nitrogens with zero attached hydrogens (tertiary/aromatic N) is 1. The minimum absolute atomic E-state index is 0.201. The van der Waals surface area contributed by atoms with Crippen molar-refractivity contribution in [3.8, 4) is 0 Å². The van der Waals surface area contributed by atoms with Gasteiger partial charge in [-0.1, -0.05) is 6.07 Å². The highest BCUT2D eigenvalue weighted by Crippen LogP contribution is 2.15. The molecule has 0 bridgehead atoms. The Bertz CT molecular complexity index is 445. The number of hydrogen-bond donors (Lipinski definition) is 3. The number of hydrogen-bond acceptors (Lipinski definition) is 5. The number of amides is 1. The number of carbonyl (C=O) groups excluding carboxylic acids is 1. The Kier molecular flexibility index (Phi) is 5.41. The minimum atomic E-state index is -1.28. The Morgan fingerprint density at radius 3 is 2.60 bits per heavy atom. The molecule has 7 heteroatoms. The van der Waals surface area contributed by atoms with E-state index in [1.54, 1.807) is 20.8 Å². The summed E-state index contributed by atoms with van der Waals surface area (Å²) in [5.41, 5.74) is -0.390. The van der Waals surface area contributed by atoms with Gasteiger partial charge in [-0.3, -0.25) is 0 Å². The lowest BCUT2D eigenvalue weighted by Gasteiger charge is -2.22. The van der Waals surface area contributed by atoms with Gasteiger partial charge in [0.15, 0.2) is 0 Å². The highest BCUT2D eigenvalue weighted by atomic mass is 19.1. The van der Waals surface area contributed by atoms with E-state index < -0.39 is 29.8 Å². The smallest absolute Gasteiger partial charge is 0.407 e. The first-order chi connectivity index (χ1) is 9.19. The van der Waals surface area contributed by atoms with Gasteiger partial charge in [0, 0.05) is 18.3 Å². The van der Waals surface area contributed by atoms with Crippen molar-refractivity contribution in [2.24, 2.45) is 0 Å². The maximum Gasteiger partial charge on any atom is 0.407 e. The fourth-order valence-corrected chi connectivity index (χ4v) is 1.40. The van der Waals surface area contributed by atoms with Crippen molar-refractivity contribution in [3.05, 3.63) is 29.8 Å². The summed E-state index contributed by atoms with van der Waals surface area (Å²) in [6.45, 7) is 4.93. The number of aromatic nitrogens is 1. The van der Waals surface area contributed by atoms with E-state index in [2.05, 4.69) is 10.3 Å². The van der Waals surface area contributed by atoms with Crippen molar-refractivity contribution in [2.75, 3.05) is 6.54 Å². The van der Waals surface area contributed by atoms with E-state index in [-0.39, 0.29) is 12.1 Å². The summed E-state index contributed by atoms with van der Waals surface area (Å²) < 4.78 is 17.6. The Labute approximate surface area is 116 Å². The zero-order valence-corrected chi connectivity index (χ0v) is 11.6. The third kappa shape index (κ3) is 5.50. The third-order valence-corrected chi connectivity index (χ3v) is 2.31. The van der Waals surface area contributed by atoms with Crippen LogP contribution in [0.15, 0.2) is 18.3 Å². The molecule has 0 spiro atoms. The molecule has 0 radical (unpaired) electrons. The average molecular weight is 286 g/mol. The lowest BCUT2D eigenvalue weighted by molar-refractivity contribution is 0.0127. The van der Waals surface area contributed by atoms with Gasteiger partial charge < -0.3 is 20.3 Å². The van der Waals surface area contributed by atoms with Crippen LogP contribution in [0.3, 0.4) is 0 Å². The summed E-state index contributed by atoms with van der Waals surface area (Å²) in [7, 11) is 0. The van der Waals surface area contributed by atoms with Crippen LogP contribution in [0.4, 0.5) is 9.18 Å². The molecular formula is C13H19FN2O4. The van der Waals surface area contributed by atoms with Gasteiger partial charge in [-0.05, 0) is 26.8 Å². The predicted octanol–water partition coefficient (Wildman–Crippen LogP) is 1.14. The molecule has 3 N–H and O–H groups in total. The number of pyridine rings is 1. The van der Waals surface area contributed by atoms with Crippen LogP contribution >= 0.6 is 0 Å². The molecule has 2 atom stereocenters. The maximum absolute atomic E-state index is 12.6. The normalized spacial score (nSPS) is 14.5. The van der Waals surface area contributed by atoms with E-state index in [0.29, 0.717) is 0 Å². The number of aliphatic hydroxyl groups is 2. The van der Waals surface area contributed by atoms with Crippen molar-refractivity contribution < 1.29 is 24.1 Å². The van der Waals surface area contributed by atoms with Crippen molar-refractivity contribution in [3.63, 3.8) is 0 Å². The predicted molar refractivity (Wildman–Crippen MR) is 69.4 cm³/mol. The molecule has 0 aromatic carbocycles. The first-order valence-corrected chi connectivity index (χ1v) is 6.13. The van der Waals surface area contributed by atoms with Crippen molar-refractivity contribution in [1.29, 1.82) is 0 Å². The molecule has 1 aromatic rings. The minimum Gasteiger partial charge on any atom is -0.444 e. The molecule has 0 saturated heterocycles. The zero-order chi connectivity index (χ0) is 15.3. The second-order valence-corrected chi connectivity index (χ2v) is 5.31. The fourth-order valence-electron chi connectivity index (χ4n) is 1.40. The van der Waals surface area contributed by atoms with Gasteiger partial charge in [0.25, 0.3) is 0 Å². The fraction of sp³-hybridized carbons (Fsp3) is 0.538. The number of carbonyl (C=O) groups is 1. The number of alkyl carbamates (subject to hydrolysis) is 1. The summed E-state index contributed by atoms with van der Waals surface area (Å²) >= 11 is 0. The van der Waals surface area contributed by atoms with E-state index >= 15 is 0 Å². The van der Waals surface area contributed by atoms with Crippen LogP contribution in [0.1, 0.15) is 32.4 Å². The molecule has 112 valence electrons. The van der Waals surface area contributed by atoms with E-state index in [4.69, 9.17) is 4.74 Å². The van der Waals surface area contributed by atoms with E-state index in [0.717, 1.165) is 12.3 Å². The molecule has 1 heterocycles. The number of ether oxygens (including phenoxy) is 1. The number of halogens is 1. The highest BCUT2D eigenvalue weighted by Gasteiger charge is 2.21. The molecule has 0 aliphatic carbocycles. The molecule has 0 aliphatic heterocycles. The summed E-state index contributed by atoms with van der Waals surface area (Å²) in [4.78, 5) is 14.8. The molecule has 1 aromatic heterocycles. The van der Waals surface area contributed by atoms with Gasteiger partial charge in [-0.2, -0.15) is 4.39 Å². The Balaban J connectivity index is 2.48. The van der Waals surface area contributed by atoms with Crippen LogP contribution in [-0.4, -0.2) is 39.5 Å². The second-order valence-electron chi connectivity index (χ2n) is 5.31. The first-order valence-electron chi connectivity index (χ1n) is 6.13. The van der Waals surface area contributed by atoms with Gasteiger partial charge in [0.1, 0.15) is 17.8 Å².